The molecule has 1 nitrogen and oxygen atoms in total. The van der Waals surface area contributed by atoms with Crippen LogP contribution in [0.25, 0.3) is 0 Å². The van der Waals surface area contributed by atoms with Gasteiger partial charge in [-0.25, -0.2) is 4.39 Å². The second-order valence-corrected chi connectivity index (χ2v) is 8.10. The van der Waals surface area contributed by atoms with E-state index in [1.165, 1.54) is 16.5 Å². The first-order chi connectivity index (χ1) is 9.52. The summed E-state index contributed by atoms with van der Waals surface area (Å²) in [5.74, 6) is -0.210. The zero-order chi connectivity index (χ0) is 14.7. The van der Waals surface area contributed by atoms with Gasteiger partial charge >= 0.3 is 0 Å². The Hall–Kier alpha value is -0.230. The molecule has 0 aliphatic carbocycles. The fourth-order valence-corrected chi connectivity index (χ4v) is 4.38. The molecule has 0 spiro atoms. The fraction of sp³-hybridized carbons (Fsp3) is 0.333. The molecule has 0 fully saturated rings. The van der Waals surface area contributed by atoms with Gasteiger partial charge in [-0.15, -0.1) is 11.3 Å². The van der Waals surface area contributed by atoms with Gasteiger partial charge in [-0.1, -0.05) is 22.9 Å². The first-order valence-electron chi connectivity index (χ1n) is 6.47. The smallest absolute Gasteiger partial charge is 0.123 e. The lowest BCUT2D eigenvalue weighted by molar-refractivity contribution is 0.583. The molecule has 0 saturated heterocycles. The molecule has 0 aliphatic rings. The highest BCUT2D eigenvalue weighted by Crippen LogP contribution is 2.36. The largest absolute Gasteiger partial charge is 0.306 e. The van der Waals surface area contributed by atoms with Crippen LogP contribution in [-0.4, -0.2) is 6.54 Å². The molecule has 0 aliphatic heterocycles. The van der Waals surface area contributed by atoms with Gasteiger partial charge in [0, 0.05) is 9.35 Å². The van der Waals surface area contributed by atoms with E-state index >= 15 is 0 Å². The van der Waals surface area contributed by atoms with Crippen molar-refractivity contribution in [1.29, 1.82) is 0 Å². The van der Waals surface area contributed by atoms with E-state index in [-0.39, 0.29) is 11.9 Å². The third kappa shape index (κ3) is 3.70. The van der Waals surface area contributed by atoms with Crippen molar-refractivity contribution in [3.05, 3.63) is 54.3 Å². The van der Waals surface area contributed by atoms with Crippen molar-refractivity contribution in [3.8, 4) is 0 Å². The molecule has 1 aromatic carbocycles. The van der Waals surface area contributed by atoms with Gasteiger partial charge in [0.2, 0.25) is 0 Å². The zero-order valence-electron chi connectivity index (χ0n) is 11.3. The van der Waals surface area contributed by atoms with E-state index < -0.39 is 0 Å². The summed E-state index contributed by atoms with van der Waals surface area (Å²) in [4.78, 5) is 1.24. The third-order valence-corrected chi connectivity index (χ3v) is 5.40. The molecule has 20 heavy (non-hydrogen) atoms. The number of hydrogen-bond acceptors (Lipinski definition) is 2. The average Bonchev–Trinajstić information content (AvgIpc) is 2.73. The lowest BCUT2D eigenvalue weighted by Crippen LogP contribution is -2.23. The normalized spacial score (nSPS) is 12.7. The van der Waals surface area contributed by atoms with Crippen LogP contribution in [0.4, 0.5) is 4.39 Å². The van der Waals surface area contributed by atoms with E-state index in [0.29, 0.717) is 0 Å². The number of benzene rings is 1. The highest BCUT2D eigenvalue weighted by Gasteiger charge is 2.20. The van der Waals surface area contributed by atoms with Gasteiger partial charge < -0.3 is 5.32 Å². The third-order valence-electron chi connectivity index (χ3n) is 3.10. The maximum Gasteiger partial charge on any atom is 0.123 e. The summed E-state index contributed by atoms with van der Waals surface area (Å²) >= 11 is 8.77. The molecule has 1 aromatic heterocycles. The second kappa shape index (κ2) is 7.16. The number of nitrogens with one attached hydrogen (secondary N) is 1. The zero-order valence-corrected chi connectivity index (χ0v) is 15.3. The molecule has 1 atom stereocenters. The summed E-state index contributed by atoms with van der Waals surface area (Å²) in [7, 11) is 0. The Labute approximate surface area is 139 Å². The van der Waals surface area contributed by atoms with Crippen LogP contribution in [0.3, 0.4) is 0 Å². The molecule has 1 heterocycles. The van der Waals surface area contributed by atoms with Crippen molar-refractivity contribution < 1.29 is 4.39 Å². The van der Waals surface area contributed by atoms with E-state index in [2.05, 4.69) is 57.1 Å². The van der Waals surface area contributed by atoms with Gasteiger partial charge in [-0.05, 0) is 71.2 Å². The standard InChI is InChI=1S/C15H16Br2FNS/c1-3-6-19-15(11-8-14(17)20-9(11)2)12-7-10(18)4-5-13(12)16/h4-5,7-8,15,19H,3,6H2,1-2H3. The summed E-state index contributed by atoms with van der Waals surface area (Å²) in [5.41, 5.74) is 2.13. The molecule has 108 valence electrons. The number of thiophene rings is 1. The minimum Gasteiger partial charge on any atom is -0.306 e. The SMILES string of the molecule is CCCNC(c1cc(F)ccc1Br)c1cc(Br)sc1C. The van der Waals surface area contributed by atoms with Crippen molar-refractivity contribution >= 4 is 43.2 Å². The fourth-order valence-electron chi connectivity index (χ4n) is 2.16. The summed E-state index contributed by atoms with van der Waals surface area (Å²) in [6.07, 6.45) is 1.04. The van der Waals surface area contributed by atoms with Crippen LogP contribution in [0, 0.1) is 12.7 Å². The van der Waals surface area contributed by atoms with E-state index in [0.717, 1.165) is 26.8 Å². The highest BCUT2D eigenvalue weighted by molar-refractivity contribution is 9.11. The van der Waals surface area contributed by atoms with Crippen LogP contribution >= 0.6 is 43.2 Å². The molecule has 5 heteroatoms. The van der Waals surface area contributed by atoms with Gasteiger partial charge in [-0.3, -0.25) is 0 Å². The minimum absolute atomic E-state index is 0.00238. The van der Waals surface area contributed by atoms with Crippen molar-refractivity contribution in [1.82, 2.24) is 5.32 Å². The van der Waals surface area contributed by atoms with Crippen molar-refractivity contribution in [2.45, 2.75) is 26.3 Å². The Balaban J connectivity index is 2.46. The molecule has 2 aromatic rings. The average molecular weight is 421 g/mol. The maximum atomic E-state index is 13.6. The molecule has 0 radical (unpaired) electrons. The van der Waals surface area contributed by atoms with Gasteiger partial charge in [-0.2, -0.15) is 0 Å². The van der Waals surface area contributed by atoms with E-state index in [1.54, 1.807) is 23.5 Å². The number of aryl methyl sites for hydroxylation is 1. The van der Waals surface area contributed by atoms with Crippen LogP contribution in [0.5, 0.6) is 0 Å². The van der Waals surface area contributed by atoms with Gasteiger partial charge in [0.1, 0.15) is 5.82 Å². The van der Waals surface area contributed by atoms with E-state index in [9.17, 15) is 4.39 Å². The van der Waals surface area contributed by atoms with Gasteiger partial charge in [0.25, 0.3) is 0 Å². The summed E-state index contributed by atoms with van der Waals surface area (Å²) in [5, 5.41) is 3.51. The first kappa shape index (κ1) is 16.1. The predicted molar refractivity (Wildman–Crippen MR) is 91.0 cm³/mol. The summed E-state index contributed by atoms with van der Waals surface area (Å²) in [6, 6.07) is 6.96. The maximum absolute atomic E-state index is 13.6. The predicted octanol–water partition coefficient (Wildman–Crippen LogP) is 5.81. The summed E-state index contributed by atoms with van der Waals surface area (Å²) < 4.78 is 15.6. The molecular weight excluding hydrogens is 405 g/mol. The topological polar surface area (TPSA) is 12.0 Å². The molecule has 0 amide bonds. The molecule has 1 N–H and O–H groups in total. The number of halogens is 3. The van der Waals surface area contributed by atoms with Crippen LogP contribution in [0.2, 0.25) is 0 Å². The van der Waals surface area contributed by atoms with Crippen LogP contribution in [-0.2, 0) is 0 Å². The Morgan fingerprint density at radius 2 is 2.00 bits per heavy atom. The monoisotopic (exact) mass is 419 g/mol. The van der Waals surface area contributed by atoms with Crippen LogP contribution in [0.15, 0.2) is 32.5 Å². The highest BCUT2D eigenvalue weighted by atomic mass is 79.9. The lowest BCUT2D eigenvalue weighted by Gasteiger charge is -2.20. The first-order valence-corrected chi connectivity index (χ1v) is 8.87. The number of rotatable bonds is 5. The van der Waals surface area contributed by atoms with E-state index in [4.69, 9.17) is 0 Å². The Morgan fingerprint density at radius 1 is 1.25 bits per heavy atom. The summed E-state index contributed by atoms with van der Waals surface area (Å²) in [6.45, 7) is 5.11. The van der Waals surface area contributed by atoms with Crippen molar-refractivity contribution in [2.75, 3.05) is 6.54 Å². The van der Waals surface area contributed by atoms with Gasteiger partial charge in [0.05, 0.1) is 9.83 Å². The second-order valence-electron chi connectivity index (χ2n) is 4.62. The molecule has 0 saturated carbocycles. The van der Waals surface area contributed by atoms with Crippen molar-refractivity contribution in [2.24, 2.45) is 0 Å². The van der Waals surface area contributed by atoms with Crippen molar-refractivity contribution in [3.63, 3.8) is 0 Å². The Bertz CT molecular complexity index is 598. The van der Waals surface area contributed by atoms with Crippen LogP contribution < -0.4 is 5.32 Å². The minimum atomic E-state index is -0.210. The Kier molecular flexibility index (Phi) is 5.78. The van der Waals surface area contributed by atoms with Crippen LogP contribution in [0.1, 0.15) is 35.4 Å². The lowest BCUT2D eigenvalue weighted by atomic mass is 9.99. The quantitative estimate of drug-likeness (QED) is 0.643. The Morgan fingerprint density at radius 3 is 2.60 bits per heavy atom. The van der Waals surface area contributed by atoms with E-state index in [1.807, 2.05) is 0 Å². The molecule has 1 unspecified atom stereocenters. The van der Waals surface area contributed by atoms with Gasteiger partial charge in [0.15, 0.2) is 0 Å². The number of hydrogen-bond donors (Lipinski definition) is 1. The molecular formula is C15H16Br2FNS. The molecule has 0 bridgehead atoms. The molecule has 2 rings (SSSR count).